The first kappa shape index (κ1) is 16.9. The first-order valence-corrected chi connectivity index (χ1v) is 8.41. The molecule has 1 N–H and O–H groups in total. The first-order chi connectivity index (χ1) is 9.06. The van der Waals surface area contributed by atoms with E-state index in [1.54, 1.807) is 6.08 Å². The van der Waals surface area contributed by atoms with E-state index < -0.39 is 30.5 Å². The highest BCUT2D eigenvalue weighted by atomic mass is 32.3. The zero-order valence-corrected chi connectivity index (χ0v) is 11.7. The van der Waals surface area contributed by atoms with Crippen LogP contribution in [0.5, 0.6) is 0 Å². The lowest BCUT2D eigenvalue weighted by Gasteiger charge is -2.10. The fraction of sp³-hybridized carbons (Fsp3) is 0.400. The van der Waals surface area contributed by atoms with Gasteiger partial charge in [0.1, 0.15) is 0 Å². The lowest BCUT2D eigenvalue weighted by Crippen LogP contribution is -2.40. The van der Waals surface area contributed by atoms with E-state index in [1.165, 1.54) is 18.2 Å². The van der Waals surface area contributed by atoms with Crippen molar-refractivity contribution in [2.45, 2.75) is 24.8 Å². The summed E-state index contributed by atoms with van der Waals surface area (Å²) in [5, 5.41) is 0. The van der Waals surface area contributed by atoms with Gasteiger partial charge in [-0.05, 0) is 25.3 Å². The molecule has 0 amide bonds. The molecule has 20 heavy (non-hydrogen) atoms. The van der Waals surface area contributed by atoms with Crippen LogP contribution in [0.1, 0.15) is 19.3 Å². The molecule has 1 rings (SSSR count). The molecule has 0 spiro atoms. The van der Waals surface area contributed by atoms with E-state index in [4.69, 9.17) is 0 Å². The van der Waals surface area contributed by atoms with Gasteiger partial charge >= 0.3 is 15.5 Å². The molecule has 0 saturated heterocycles. The highest BCUT2D eigenvalue weighted by Crippen LogP contribution is 2.24. The Hall–Kier alpha value is -1.13. The molecule has 0 aromatic rings. The summed E-state index contributed by atoms with van der Waals surface area (Å²) in [5.74, 6) is 0. The second-order valence-corrected chi connectivity index (χ2v) is 7.48. The molecular formula is C10H12F3NO4S2. The van der Waals surface area contributed by atoms with Crippen molar-refractivity contribution in [1.82, 2.24) is 4.13 Å². The lowest BCUT2D eigenvalue weighted by atomic mass is 10.2. The van der Waals surface area contributed by atoms with Crippen LogP contribution in [0.3, 0.4) is 0 Å². The summed E-state index contributed by atoms with van der Waals surface area (Å²) in [4.78, 5) is -0.517. The highest BCUT2D eigenvalue weighted by molar-refractivity contribution is 8.07. The van der Waals surface area contributed by atoms with Crippen LogP contribution in [0.2, 0.25) is 0 Å². The SMILES string of the molecule is O=S(=O)(NS(=O)(=O)C(F)(F)F)C1=CCCC/C=C/C=C1. The lowest BCUT2D eigenvalue weighted by molar-refractivity contribution is -0.0441. The molecule has 0 saturated carbocycles. The molecule has 0 aromatic heterocycles. The number of halogens is 3. The van der Waals surface area contributed by atoms with Crippen molar-refractivity contribution >= 4 is 20.0 Å². The smallest absolute Gasteiger partial charge is 0.206 e. The minimum atomic E-state index is -5.97. The maximum atomic E-state index is 12.2. The average molecular weight is 331 g/mol. The molecule has 5 nitrogen and oxygen atoms in total. The van der Waals surface area contributed by atoms with Gasteiger partial charge in [-0.3, -0.25) is 0 Å². The summed E-state index contributed by atoms with van der Waals surface area (Å²) in [6.07, 6.45) is 8.42. The van der Waals surface area contributed by atoms with Gasteiger partial charge in [0.2, 0.25) is 0 Å². The number of hydrogen-bond donors (Lipinski definition) is 1. The molecular weight excluding hydrogens is 319 g/mol. The van der Waals surface area contributed by atoms with E-state index in [9.17, 15) is 30.0 Å². The molecule has 0 fully saturated rings. The number of nitrogens with one attached hydrogen (secondary N) is 1. The van der Waals surface area contributed by atoms with Crippen LogP contribution in [0.4, 0.5) is 13.2 Å². The van der Waals surface area contributed by atoms with Gasteiger partial charge in [0.25, 0.3) is 10.0 Å². The molecule has 10 heteroatoms. The third-order valence-corrected chi connectivity index (χ3v) is 5.55. The van der Waals surface area contributed by atoms with Gasteiger partial charge in [0, 0.05) is 0 Å². The number of alkyl halides is 3. The van der Waals surface area contributed by atoms with Crippen LogP contribution in [-0.4, -0.2) is 22.3 Å². The normalized spacial score (nSPS) is 19.6. The molecule has 0 aromatic carbocycles. The summed E-state index contributed by atoms with van der Waals surface area (Å²) in [6, 6.07) is 0. The van der Waals surface area contributed by atoms with E-state index in [-0.39, 0.29) is 0 Å². The Morgan fingerprint density at radius 2 is 1.70 bits per heavy atom. The van der Waals surface area contributed by atoms with Gasteiger partial charge in [0.05, 0.1) is 4.91 Å². The van der Waals surface area contributed by atoms with Crippen molar-refractivity contribution in [3.8, 4) is 0 Å². The number of hydrogen-bond acceptors (Lipinski definition) is 4. The van der Waals surface area contributed by atoms with E-state index in [0.717, 1.165) is 6.08 Å². The Bertz CT molecular complexity index is 642. The van der Waals surface area contributed by atoms with Gasteiger partial charge in [0.15, 0.2) is 0 Å². The summed E-state index contributed by atoms with van der Waals surface area (Å²) in [5.41, 5.74) is -5.69. The molecule has 0 radical (unpaired) electrons. The standard InChI is InChI=1S/C10H12F3NO4S2/c11-10(12,13)20(17,18)14-19(15,16)9-7-5-3-1-2-4-6-8-9/h1,3,5,7-8,14H,2,4,6H2/b3-1+,7-5?,9-8?. The van der Waals surface area contributed by atoms with Crippen molar-refractivity contribution in [1.29, 1.82) is 0 Å². The summed E-state index contributed by atoms with van der Waals surface area (Å²) in [6.45, 7) is 0. The third kappa shape index (κ3) is 4.46. The second-order valence-electron chi connectivity index (χ2n) is 3.86. The second kappa shape index (κ2) is 6.10. The molecule has 1 aliphatic rings. The van der Waals surface area contributed by atoms with E-state index >= 15 is 0 Å². The van der Waals surface area contributed by atoms with Gasteiger partial charge in [-0.2, -0.15) is 13.2 Å². The van der Waals surface area contributed by atoms with Gasteiger partial charge < -0.3 is 0 Å². The largest absolute Gasteiger partial charge is 0.512 e. The van der Waals surface area contributed by atoms with Gasteiger partial charge in [-0.1, -0.05) is 28.4 Å². The fourth-order valence-corrected chi connectivity index (χ4v) is 3.83. The minimum absolute atomic E-state index is 0.303. The fourth-order valence-electron chi connectivity index (χ4n) is 1.31. The Morgan fingerprint density at radius 1 is 1.05 bits per heavy atom. The summed E-state index contributed by atoms with van der Waals surface area (Å²) < 4.78 is 82.3. The summed E-state index contributed by atoms with van der Waals surface area (Å²) >= 11 is 0. The topological polar surface area (TPSA) is 80.3 Å². The molecule has 0 heterocycles. The molecule has 0 bridgehead atoms. The number of rotatable bonds is 3. The van der Waals surface area contributed by atoms with E-state index in [0.29, 0.717) is 23.4 Å². The molecule has 1 aliphatic carbocycles. The van der Waals surface area contributed by atoms with Gasteiger partial charge in [-0.15, -0.1) is 0 Å². The Kier molecular flexibility index (Phi) is 5.16. The average Bonchev–Trinajstić information content (AvgIpc) is 2.38. The minimum Gasteiger partial charge on any atom is -0.206 e. The highest BCUT2D eigenvalue weighted by Gasteiger charge is 2.48. The van der Waals surface area contributed by atoms with Crippen LogP contribution in [0.15, 0.2) is 35.3 Å². The quantitative estimate of drug-likeness (QED) is 0.857. The Morgan fingerprint density at radius 3 is 2.30 bits per heavy atom. The van der Waals surface area contributed by atoms with Crippen molar-refractivity contribution < 1.29 is 30.0 Å². The molecule has 0 unspecified atom stereocenters. The first-order valence-electron chi connectivity index (χ1n) is 5.44. The molecule has 114 valence electrons. The van der Waals surface area contributed by atoms with Crippen molar-refractivity contribution in [3.63, 3.8) is 0 Å². The van der Waals surface area contributed by atoms with Crippen LogP contribution in [0.25, 0.3) is 0 Å². The van der Waals surface area contributed by atoms with E-state index in [2.05, 4.69) is 0 Å². The van der Waals surface area contributed by atoms with E-state index in [1.807, 2.05) is 0 Å². The van der Waals surface area contributed by atoms with Crippen LogP contribution >= 0.6 is 0 Å². The van der Waals surface area contributed by atoms with Crippen LogP contribution < -0.4 is 4.13 Å². The molecule has 0 atom stereocenters. The van der Waals surface area contributed by atoms with Crippen molar-refractivity contribution in [2.75, 3.05) is 0 Å². The third-order valence-electron chi connectivity index (χ3n) is 2.26. The van der Waals surface area contributed by atoms with Crippen LogP contribution in [-0.2, 0) is 20.0 Å². The predicted molar refractivity (Wildman–Crippen MR) is 67.2 cm³/mol. The zero-order valence-electron chi connectivity index (χ0n) is 10.1. The zero-order chi connectivity index (χ0) is 15.4. The maximum Gasteiger partial charge on any atom is 0.512 e. The van der Waals surface area contributed by atoms with Crippen molar-refractivity contribution in [3.05, 3.63) is 35.3 Å². The number of sulfonamides is 2. The number of allylic oxidation sites excluding steroid dienone is 5. The Balaban J connectivity index is 3.10. The van der Waals surface area contributed by atoms with Crippen LogP contribution in [0, 0.1) is 0 Å². The maximum absolute atomic E-state index is 12.2. The monoisotopic (exact) mass is 331 g/mol. The Labute approximate surface area is 115 Å². The summed E-state index contributed by atoms with van der Waals surface area (Å²) in [7, 11) is -10.8. The molecule has 0 aliphatic heterocycles. The van der Waals surface area contributed by atoms with Crippen molar-refractivity contribution in [2.24, 2.45) is 0 Å². The predicted octanol–water partition coefficient (Wildman–Crippen LogP) is 1.94. The van der Waals surface area contributed by atoms with Gasteiger partial charge in [-0.25, -0.2) is 16.8 Å².